The van der Waals surface area contributed by atoms with Crippen LogP contribution < -0.4 is 30.6 Å². The third-order valence-corrected chi connectivity index (χ3v) is 7.53. The van der Waals surface area contributed by atoms with Crippen LogP contribution in [-0.4, -0.2) is 32.6 Å². The number of hydrogen-bond acceptors (Lipinski definition) is 9. The van der Waals surface area contributed by atoms with Crippen LogP contribution in [0.5, 0.6) is 11.5 Å². The van der Waals surface area contributed by atoms with E-state index in [1.54, 1.807) is 66.7 Å². The van der Waals surface area contributed by atoms with Gasteiger partial charge in [-0.2, -0.15) is 0 Å². The number of anilines is 5. The van der Waals surface area contributed by atoms with Gasteiger partial charge in [0.1, 0.15) is 22.2 Å². The zero-order valence-corrected chi connectivity index (χ0v) is 23.0. The summed E-state index contributed by atoms with van der Waals surface area (Å²) in [6.45, 7) is 0.178. The number of nitrogens with two attached hydrogens (primary N) is 1. The number of para-hydroxylation sites is 3. The molecule has 0 aliphatic carbocycles. The van der Waals surface area contributed by atoms with E-state index in [-0.39, 0.29) is 34.5 Å². The van der Waals surface area contributed by atoms with Crippen molar-refractivity contribution in [3.05, 3.63) is 96.3 Å². The van der Waals surface area contributed by atoms with E-state index in [1.165, 1.54) is 32.4 Å². The molecule has 0 aliphatic heterocycles. The van der Waals surface area contributed by atoms with Gasteiger partial charge in [-0.05, 0) is 42.0 Å². The molecule has 0 aliphatic rings. The van der Waals surface area contributed by atoms with Crippen LogP contribution in [0, 0.1) is 5.82 Å². The average molecular weight is 575 g/mol. The quantitative estimate of drug-likeness (QED) is 0.169. The molecule has 0 radical (unpaired) electrons. The zero-order chi connectivity index (χ0) is 29.0. The van der Waals surface area contributed by atoms with Crippen molar-refractivity contribution in [2.24, 2.45) is 5.73 Å². The number of hydrogen-bond donors (Lipinski definition) is 4. The van der Waals surface area contributed by atoms with Gasteiger partial charge in [0, 0.05) is 30.4 Å². The molecule has 0 bridgehead atoms. The lowest BCUT2D eigenvalue weighted by molar-refractivity contribution is 0.395. The first-order valence-electron chi connectivity index (χ1n) is 12.4. The first-order chi connectivity index (χ1) is 19.8. The summed E-state index contributed by atoms with van der Waals surface area (Å²) in [5.74, 6) is 0.591. The van der Waals surface area contributed by atoms with Crippen LogP contribution in [0.25, 0.3) is 11.0 Å². The monoisotopic (exact) mass is 574 g/mol. The molecule has 0 atom stereocenters. The summed E-state index contributed by atoms with van der Waals surface area (Å²) in [7, 11) is -1.19. The highest BCUT2D eigenvalue weighted by Crippen LogP contribution is 2.33. The maximum Gasteiger partial charge on any atom is 0.265 e. The number of sulfonamides is 1. The Morgan fingerprint density at radius 3 is 2.05 bits per heavy atom. The minimum absolute atomic E-state index is 0.0428. The molecule has 1 aromatic heterocycles. The van der Waals surface area contributed by atoms with Crippen LogP contribution in [0.3, 0.4) is 0 Å². The Kier molecular flexibility index (Phi) is 7.86. The van der Waals surface area contributed by atoms with Gasteiger partial charge in [0.15, 0.2) is 11.6 Å². The predicted octanol–water partition coefficient (Wildman–Crippen LogP) is 5.53. The molecule has 0 fully saturated rings. The van der Waals surface area contributed by atoms with Gasteiger partial charge >= 0.3 is 0 Å². The van der Waals surface area contributed by atoms with Crippen LogP contribution in [-0.2, 0) is 16.6 Å². The SMILES string of the molecule is COc1cc(Nc2nc3ccccc3nc2NS(=O)(=O)c2ccccc2Nc2ccc(CN)cc2F)cc(OC)c1. The highest BCUT2D eigenvalue weighted by molar-refractivity contribution is 7.92. The maximum atomic E-state index is 14.7. The van der Waals surface area contributed by atoms with Gasteiger partial charge < -0.3 is 25.8 Å². The molecule has 0 amide bonds. The fourth-order valence-corrected chi connectivity index (χ4v) is 5.27. The van der Waals surface area contributed by atoms with E-state index in [9.17, 15) is 12.8 Å². The second-order valence-corrected chi connectivity index (χ2v) is 10.5. The fourth-order valence-electron chi connectivity index (χ4n) is 4.09. The first-order valence-corrected chi connectivity index (χ1v) is 13.9. The van der Waals surface area contributed by atoms with Gasteiger partial charge in [-0.25, -0.2) is 22.8 Å². The Morgan fingerprint density at radius 1 is 0.780 bits per heavy atom. The highest BCUT2D eigenvalue weighted by Gasteiger charge is 2.23. The number of fused-ring (bicyclic) bond motifs is 1. The third-order valence-electron chi connectivity index (χ3n) is 6.13. The second-order valence-electron chi connectivity index (χ2n) is 8.88. The van der Waals surface area contributed by atoms with Gasteiger partial charge in [-0.1, -0.05) is 30.3 Å². The zero-order valence-electron chi connectivity index (χ0n) is 22.2. The summed E-state index contributed by atoms with van der Waals surface area (Å²) in [4.78, 5) is 9.04. The Balaban J connectivity index is 1.54. The molecule has 5 aromatic rings. The Bertz CT molecular complexity index is 1810. The lowest BCUT2D eigenvalue weighted by atomic mass is 10.2. The van der Waals surface area contributed by atoms with E-state index >= 15 is 0 Å². The highest BCUT2D eigenvalue weighted by atomic mass is 32.2. The summed E-state index contributed by atoms with van der Waals surface area (Å²) >= 11 is 0. The number of aromatic nitrogens is 2. The molecular formula is C29H27FN6O4S. The molecule has 0 saturated carbocycles. The minimum atomic E-state index is -4.25. The van der Waals surface area contributed by atoms with Crippen molar-refractivity contribution in [3.63, 3.8) is 0 Å². The van der Waals surface area contributed by atoms with Gasteiger partial charge in [-0.3, -0.25) is 4.72 Å². The summed E-state index contributed by atoms with van der Waals surface area (Å²) in [5.41, 5.74) is 8.03. The van der Waals surface area contributed by atoms with Crippen molar-refractivity contribution in [3.8, 4) is 11.5 Å². The number of rotatable bonds is 10. The maximum absolute atomic E-state index is 14.7. The van der Waals surface area contributed by atoms with E-state index in [0.29, 0.717) is 33.8 Å². The number of nitrogens with zero attached hydrogens (tertiary/aromatic N) is 2. The molecule has 12 heteroatoms. The molecule has 10 nitrogen and oxygen atoms in total. The van der Waals surface area contributed by atoms with Crippen molar-refractivity contribution in [1.29, 1.82) is 0 Å². The van der Waals surface area contributed by atoms with Crippen LogP contribution >= 0.6 is 0 Å². The van der Waals surface area contributed by atoms with Crippen molar-refractivity contribution >= 4 is 49.8 Å². The molecule has 5 rings (SSSR count). The van der Waals surface area contributed by atoms with Crippen LogP contribution in [0.4, 0.5) is 33.1 Å². The normalized spacial score (nSPS) is 11.2. The average Bonchev–Trinajstić information content (AvgIpc) is 2.98. The smallest absolute Gasteiger partial charge is 0.265 e. The number of nitrogens with one attached hydrogen (secondary N) is 3. The minimum Gasteiger partial charge on any atom is -0.497 e. The topological polar surface area (TPSA) is 140 Å². The van der Waals surface area contributed by atoms with Crippen LogP contribution in [0.2, 0.25) is 0 Å². The summed E-state index contributed by atoms with van der Waals surface area (Å²) < 4.78 is 55.4. The van der Waals surface area contributed by atoms with E-state index < -0.39 is 15.8 Å². The van der Waals surface area contributed by atoms with E-state index in [2.05, 4.69) is 25.3 Å². The van der Waals surface area contributed by atoms with Crippen molar-refractivity contribution in [1.82, 2.24) is 9.97 Å². The molecule has 210 valence electrons. The van der Waals surface area contributed by atoms with Gasteiger partial charge in [0.05, 0.1) is 36.6 Å². The standard InChI is InChI=1S/C29H27FN6O4S/c1-39-20-14-19(15-21(16-20)40-2)32-28-29(35-25-8-4-3-7-24(25)34-28)36-41(37,38)27-10-6-5-9-26(27)33-23-12-11-18(17-31)13-22(23)30/h3-16,33H,17,31H2,1-2H3,(H,32,34)(H,35,36). The number of benzene rings is 4. The third kappa shape index (κ3) is 6.13. The van der Waals surface area contributed by atoms with Gasteiger partial charge in [0.25, 0.3) is 10.0 Å². The molecule has 0 unspecified atom stereocenters. The first kappa shape index (κ1) is 27.6. The Hall–Kier alpha value is -4.94. The van der Waals surface area contributed by atoms with E-state index in [4.69, 9.17) is 15.2 Å². The van der Waals surface area contributed by atoms with E-state index in [0.717, 1.165) is 0 Å². The van der Waals surface area contributed by atoms with E-state index in [1.807, 2.05) is 0 Å². The molecule has 5 N–H and O–H groups in total. The van der Waals surface area contributed by atoms with Crippen molar-refractivity contribution in [2.75, 3.05) is 29.6 Å². The molecule has 1 heterocycles. The molecular weight excluding hydrogens is 547 g/mol. The summed E-state index contributed by atoms with van der Waals surface area (Å²) in [6, 6.07) is 22.8. The second kappa shape index (κ2) is 11.7. The van der Waals surface area contributed by atoms with Crippen molar-refractivity contribution < 1.29 is 22.3 Å². The van der Waals surface area contributed by atoms with Crippen LogP contribution in [0.15, 0.2) is 89.8 Å². The Labute approximate surface area is 236 Å². The lowest BCUT2D eigenvalue weighted by Gasteiger charge is -2.17. The molecule has 0 saturated heterocycles. The number of ether oxygens (including phenoxy) is 2. The summed E-state index contributed by atoms with van der Waals surface area (Å²) in [5, 5.41) is 6.00. The predicted molar refractivity (Wildman–Crippen MR) is 157 cm³/mol. The van der Waals surface area contributed by atoms with Gasteiger partial charge in [-0.15, -0.1) is 0 Å². The van der Waals surface area contributed by atoms with Gasteiger partial charge in [0.2, 0.25) is 0 Å². The summed E-state index contributed by atoms with van der Waals surface area (Å²) in [6.07, 6.45) is 0. The molecule has 41 heavy (non-hydrogen) atoms. The lowest BCUT2D eigenvalue weighted by Crippen LogP contribution is -2.17. The number of methoxy groups -OCH3 is 2. The Morgan fingerprint density at radius 2 is 1.41 bits per heavy atom. The molecule has 0 spiro atoms. The molecule has 4 aromatic carbocycles. The van der Waals surface area contributed by atoms with Crippen molar-refractivity contribution in [2.45, 2.75) is 11.4 Å². The number of halogens is 1. The van der Waals surface area contributed by atoms with Crippen LogP contribution in [0.1, 0.15) is 5.56 Å². The largest absolute Gasteiger partial charge is 0.497 e. The fraction of sp³-hybridized carbons (Fsp3) is 0.103.